The lowest BCUT2D eigenvalue weighted by Crippen LogP contribution is -2.31. The lowest BCUT2D eigenvalue weighted by Gasteiger charge is -2.14. The standard InChI is InChI=1S/C18H18ClNO4/c1-13(14-6-3-2-4-7-14)20-17(21)11-24-18(22)12-23-16-9-5-8-15(19)10-16/h2-10,13H,11-12H2,1H3,(H,20,21). The van der Waals surface area contributed by atoms with E-state index in [1.165, 1.54) is 0 Å². The number of esters is 1. The Morgan fingerprint density at radius 1 is 1.08 bits per heavy atom. The van der Waals surface area contributed by atoms with Gasteiger partial charge in [0.05, 0.1) is 6.04 Å². The second-order valence-electron chi connectivity index (χ2n) is 5.11. The quantitative estimate of drug-likeness (QED) is 0.781. The van der Waals surface area contributed by atoms with Crippen LogP contribution in [0.15, 0.2) is 54.6 Å². The molecular weight excluding hydrogens is 330 g/mol. The van der Waals surface area contributed by atoms with Crippen LogP contribution in [-0.2, 0) is 14.3 Å². The maximum atomic E-state index is 11.8. The van der Waals surface area contributed by atoms with Crippen molar-refractivity contribution in [2.24, 2.45) is 0 Å². The Kier molecular flexibility index (Phi) is 6.63. The second-order valence-corrected chi connectivity index (χ2v) is 5.54. The molecule has 6 heteroatoms. The predicted molar refractivity (Wildman–Crippen MR) is 90.9 cm³/mol. The van der Waals surface area contributed by atoms with Gasteiger partial charge in [0.25, 0.3) is 5.91 Å². The Labute approximate surface area is 145 Å². The van der Waals surface area contributed by atoms with Crippen LogP contribution < -0.4 is 10.1 Å². The van der Waals surface area contributed by atoms with Gasteiger partial charge in [-0.25, -0.2) is 4.79 Å². The van der Waals surface area contributed by atoms with Gasteiger partial charge in [-0.15, -0.1) is 0 Å². The van der Waals surface area contributed by atoms with E-state index in [2.05, 4.69) is 5.32 Å². The molecule has 0 bridgehead atoms. The van der Waals surface area contributed by atoms with Gasteiger partial charge in [-0.3, -0.25) is 4.79 Å². The molecule has 0 heterocycles. The molecule has 0 saturated carbocycles. The van der Waals surface area contributed by atoms with Gasteiger partial charge in [-0.05, 0) is 30.7 Å². The highest BCUT2D eigenvalue weighted by molar-refractivity contribution is 6.30. The van der Waals surface area contributed by atoms with Crippen LogP contribution in [0.5, 0.6) is 5.75 Å². The highest BCUT2D eigenvalue weighted by Gasteiger charge is 2.12. The largest absolute Gasteiger partial charge is 0.482 e. The molecule has 1 unspecified atom stereocenters. The van der Waals surface area contributed by atoms with Crippen molar-refractivity contribution < 1.29 is 19.1 Å². The fraction of sp³-hybridized carbons (Fsp3) is 0.222. The molecule has 0 aliphatic rings. The summed E-state index contributed by atoms with van der Waals surface area (Å²) < 4.78 is 10.1. The average Bonchev–Trinajstić information content (AvgIpc) is 2.59. The van der Waals surface area contributed by atoms with Crippen LogP contribution in [0.2, 0.25) is 5.02 Å². The Morgan fingerprint density at radius 2 is 1.83 bits per heavy atom. The van der Waals surface area contributed by atoms with Crippen LogP contribution in [0.4, 0.5) is 0 Å². The van der Waals surface area contributed by atoms with Gasteiger partial charge in [0.1, 0.15) is 5.75 Å². The Morgan fingerprint density at radius 3 is 2.54 bits per heavy atom. The molecule has 2 aromatic carbocycles. The van der Waals surface area contributed by atoms with Crippen molar-refractivity contribution in [3.8, 4) is 5.75 Å². The molecule has 0 spiro atoms. The first-order chi connectivity index (χ1) is 11.5. The van der Waals surface area contributed by atoms with Crippen molar-refractivity contribution in [1.29, 1.82) is 0 Å². The SMILES string of the molecule is CC(NC(=O)COC(=O)COc1cccc(Cl)c1)c1ccccc1. The zero-order valence-corrected chi connectivity index (χ0v) is 14.0. The molecule has 0 saturated heterocycles. The van der Waals surface area contributed by atoms with Crippen molar-refractivity contribution >= 4 is 23.5 Å². The smallest absolute Gasteiger partial charge is 0.344 e. The number of nitrogens with one attached hydrogen (secondary N) is 1. The molecule has 1 atom stereocenters. The fourth-order valence-electron chi connectivity index (χ4n) is 1.99. The zero-order chi connectivity index (χ0) is 17.4. The summed E-state index contributed by atoms with van der Waals surface area (Å²) in [7, 11) is 0. The van der Waals surface area contributed by atoms with Gasteiger partial charge in [0.2, 0.25) is 0 Å². The fourth-order valence-corrected chi connectivity index (χ4v) is 2.18. The van der Waals surface area contributed by atoms with E-state index in [-0.39, 0.29) is 25.2 Å². The molecule has 2 aromatic rings. The van der Waals surface area contributed by atoms with E-state index in [1.54, 1.807) is 24.3 Å². The van der Waals surface area contributed by atoms with Gasteiger partial charge >= 0.3 is 5.97 Å². The molecule has 0 aliphatic heterocycles. The van der Waals surface area contributed by atoms with Crippen molar-refractivity contribution in [3.05, 3.63) is 65.2 Å². The monoisotopic (exact) mass is 347 g/mol. The van der Waals surface area contributed by atoms with Crippen molar-refractivity contribution in [1.82, 2.24) is 5.32 Å². The number of rotatable bonds is 7. The van der Waals surface area contributed by atoms with Crippen LogP contribution in [-0.4, -0.2) is 25.1 Å². The second kappa shape index (κ2) is 8.93. The first kappa shape index (κ1) is 17.8. The summed E-state index contributed by atoms with van der Waals surface area (Å²) in [5.74, 6) is -0.540. The number of halogens is 1. The summed E-state index contributed by atoms with van der Waals surface area (Å²) in [6.45, 7) is 1.22. The van der Waals surface area contributed by atoms with Crippen LogP contribution in [0, 0.1) is 0 Å². The van der Waals surface area contributed by atoms with Gasteiger partial charge in [-0.1, -0.05) is 48.0 Å². The molecule has 0 aliphatic carbocycles. The summed E-state index contributed by atoms with van der Waals surface area (Å²) in [6.07, 6.45) is 0. The molecular formula is C18H18ClNO4. The molecule has 0 aromatic heterocycles. The van der Waals surface area contributed by atoms with Crippen LogP contribution in [0.1, 0.15) is 18.5 Å². The van der Waals surface area contributed by atoms with E-state index < -0.39 is 5.97 Å². The lowest BCUT2D eigenvalue weighted by molar-refractivity contribution is -0.150. The zero-order valence-electron chi connectivity index (χ0n) is 13.2. The van der Waals surface area contributed by atoms with E-state index in [1.807, 2.05) is 37.3 Å². The third kappa shape index (κ3) is 5.93. The molecule has 5 nitrogen and oxygen atoms in total. The molecule has 24 heavy (non-hydrogen) atoms. The Balaban J connectivity index is 1.70. The summed E-state index contributed by atoms with van der Waals surface area (Å²) in [5, 5.41) is 3.27. The van der Waals surface area contributed by atoms with Crippen LogP contribution in [0.25, 0.3) is 0 Å². The number of hydrogen-bond acceptors (Lipinski definition) is 4. The number of hydrogen-bond donors (Lipinski definition) is 1. The van der Waals surface area contributed by atoms with Gasteiger partial charge in [0, 0.05) is 5.02 Å². The van der Waals surface area contributed by atoms with Crippen LogP contribution >= 0.6 is 11.6 Å². The van der Waals surface area contributed by atoms with E-state index in [4.69, 9.17) is 21.1 Å². The molecule has 126 valence electrons. The third-order valence-electron chi connectivity index (χ3n) is 3.19. The minimum absolute atomic E-state index is 0.167. The summed E-state index contributed by atoms with van der Waals surface area (Å²) in [5.41, 5.74) is 0.974. The van der Waals surface area contributed by atoms with Gasteiger partial charge < -0.3 is 14.8 Å². The number of carbonyl (C=O) groups excluding carboxylic acids is 2. The summed E-state index contributed by atoms with van der Waals surface area (Å²) in [6, 6.07) is 16.0. The van der Waals surface area contributed by atoms with Crippen molar-refractivity contribution in [2.45, 2.75) is 13.0 Å². The van der Waals surface area contributed by atoms with E-state index in [0.717, 1.165) is 5.56 Å². The molecule has 1 N–H and O–H groups in total. The minimum atomic E-state index is -0.627. The molecule has 2 rings (SSSR count). The van der Waals surface area contributed by atoms with E-state index in [0.29, 0.717) is 10.8 Å². The third-order valence-corrected chi connectivity index (χ3v) is 3.43. The number of ether oxygens (including phenoxy) is 2. The maximum absolute atomic E-state index is 11.8. The lowest BCUT2D eigenvalue weighted by atomic mass is 10.1. The number of carbonyl (C=O) groups is 2. The van der Waals surface area contributed by atoms with E-state index in [9.17, 15) is 9.59 Å². The topological polar surface area (TPSA) is 64.6 Å². The first-order valence-electron chi connectivity index (χ1n) is 7.43. The van der Waals surface area contributed by atoms with Crippen LogP contribution in [0.3, 0.4) is 0 Å². The average molecular weight is 348 g/mol. The van der Waals surface area contributed by atoms with Gasteiger partial charge in [-0.2, -0.15) is 0 Å². The number of benzene rings is 2. The van der Waals surface area contributed by atoms with E-state index >= 15 is 0 Å². The Bertz CT molecular complexity index is 690. The maximum Gasteiger partial charge on any atom is 0.344 e. The molecule has 0 radical (unpaired) electrons. The predicted octanol–water partition coefficient (Wildman–Crippen LogP) is 3.14. The number of amides is 1. The first-order valence-corrected chi connectivity index (χ1v) is 7.80. The highest BCUT2D eigenvalue weighted by atomic mass is 35.5. The Hall–Kier alpha value is -2.53. The summed E-state index contributed by atoms with van der Waals surface area (Å²) >= 11 is 5.81. The normalized spacial score (nSPS) is 11.4. The van der Waals surface area contributed by atoms with Crippen molar-refractivity contribution in [3.63, 3.8) is 0 Å². The van der Waals surface area contributed by atoms with Gasteiger partial charge in [0.15, 0.2) is 13.2 Å². The summed E-state index contributed by atoms with van der Waals surface area (Å²) in [4.78, 5) is 23.4. The molecule has 0 fully saturated rings. The minimum Gasteiger partial charge on any atom is -0.482 e. The van der Waals surface area contributed by atoms with Crippen molar-refractivity contribution in [2.75, 3.05) is 13.2 Å². The molecule has 1 amide bonds. The highest BCUT2D eigenvalue weighted by Crippen LogP contribution is 2.17.